The minimum absolute atomic E-state index is 0.0506. The molecule has 1 aliphatic heterocycles. The standard InChI is InChI=1S/C26H25ClN6O2/c1-32-24(26(34-2)30-31-32)18-14-20-22(28-15-18)19-8-9-21(27)29-25(19)33(20)23(16-6-4-3-5-7-16)17-10-12-35-13-11-17/h3-9,14-15,17,23H,10-13H2,1-2H3/t23-/m1/s1. The van der Waals surface area contributed by atoms with Crippen LogP contribution in [-0.2, 0) is 11.8 Å². The lowest BCUT2D eigenvalue weighted by Gasteiger charge is -2.32. The van der Waals surface area contributed by atoms with Crippen LogP contribution in [0.2, 0.25) is 5.15 Å². The van der Waals surface area contributed by atoms with E-state index in [0.29, 0.717) is 17.0 Å². The SMILES string of the molecule is COc1nnn(C)c1-c1cnc2c3ccc(Cl)nc3n([C@H](c3ccccc3)C3CCOCC3)c2c1. The molecular formula is C26H25ClN6O2. The summed E-state index contributed by atoms with van der Waals surface area (Å²) < 4.78 is 15.2. The Bertz CT molecular complexity index is 1510. The molecule has 1 aliphatic rings. The molecule has 4 aromatic heterocycles. The summed E-state index contributed by atoms with van der Waals surface area (Å²) in [5.74, 6) is 0.837. The first kappa shape index (κ1) is 22.0. The summed E-state index contributed by atoms with van der Waals surface area (Å²) in [6.07, 6.45) is 3.77. The average Bonchev–Trinajstić information content (AvgIpc) is 3.42. The number of aryl methyl sites for hydroxylation is 1. The molecule has 8 nitrogen and oxygen atoms in total. The number of benzene rings is 1. The molecule has 0 aliphatic carbocycles. The first-order valence-corrected chi connectivity index (χ1v) is 12.1. The zero-order valence-electron chi connectivity index (χ0n) is 19.6. The second-order valence-corrected chi connectivity index (χ2v) is 9.23. The number of halogens is 1. The van der Waals surface area contributed by atoms with Gasteiger partial charge in [0, 0.05) is 37.4 Å². The van der Waals surface area contributed by atoms with E-state index < -0.39 is 0 Å². The molecule has 1 atom stereocenters. The highest BCUT2D eigenvalue weighted by Gasteiger charge is 2.31. The summed E-state index contributed by atoms with van der Waals surface area (Å²) in [4.78, 5) is 9.70. The number of fused-ring (bicyclic) bond motifs is 3. The Hall–Kier alpha value is -3.49. The highest BCUT2D eigenvalue weighted by Crippen LogP contribution is 2.41. The maximum Gasteiger partial charge on any atom is 0.261 e. The molecule has 0 unspecified atom stereocenters. The third-order valence-corrected chi connectivity index (χ3v) is 7.06. The van der Waals surface area contributed by atoms with Crippen LogP contribution in [0.3, 0.4) is 0 Å². The summed E-state index contributed by atoms with van der Waals surface area (Å²) >= 11 is 6.43. The predicted molar refractivity (Wildman–Crippen MR) is 135 cm³/mol. The van der Waals surface area contributed by atoms with Crippen LogP contribution in [0.25, 0.3) is 33.3 Å². The van der Waals surface area contributed by atoms with Gasteiger partial charge in [-0.1, -0.05) is 52.2 Å². The summed E-state index contributed by atoms with van der Waals surface area (Å²) in [6, 6.07) is 16.6. The van der Waals surface area contributed by atoms with E-state index in [0.717, 1.165) is 59.4 Å². The number of pyridine rings is 2. The lowest BCUT2D eigenvalue weighted by atomic mass is 9.86. The van der Waals surface area contributed by atoms with Gasteiger partial charge in [-0.05, 0) is 42.5 Å². The van der Waals surface area contributed by atoms with Gasteiger partial charge in [0.05, 0.1) is 24.2 Å². The quantitative estimate of drug-likeness (QED) is 0.322. The average molecular weight is 489 g/mol. The molecule has 0 bridgehead atoms. The van der Waals surface area contributed by atoms with Crippen molar-refractivity contribution in [2.45, 2.75) is 18.9 Å². The van der Waals surface area contributed by atoms with E-state index in [1.807, 2.05) is 31.4 Å². The highest BCUT2D eigenvalue weighted by molar-refractivity contribution is 6.30. The van der Waals surface area contributed by atoms with E-state index in [4.69, 9.17) is 31.0 Å². The number of hydrogen-bond acceptors (Lipinski definition) is 6. The van der Waals surface area contributed by atoms with Crippen LogP contribution in [0.15, 0.2) is 54.7 Å². The summed E-state index contributed by atoms with van der Waals surface area (Å²) in [5, 5.41) is 9.70. The number of aromatic nitrogens is 6. The Morgan fingerprint density at radius 1 is 1.11 bits per heavy atom. The molecule has 0 N–H and O–H groups in total. The topological polar surface area (TPSA) is 79.9 Å². The van der Waals surface area contributed by atoms with Crippen molar-refractivity contribution in [3.63, 3.8) is 0 Å². The molecule has 1 aromatic carbocycles. The lowest BCUT2D eigenvalue weighted by Crippen LogP contribution is -2.27. The van der Waals surface area contributed by atoms with Crippen molar-refractivity contribution < 1.29 is 9.47 Å². The molecule has 1 fully saturated rings. The fraction of sp³-hybridized carbons (Fsp3) is 0.308. The van der Waals surface area contributed by atoms with Gasteiger partial charge in [0.1, 0.15) is 16.5 Å². The van der Waals surface area contributed by atoms with E-state index in [9.17, 15) is 0 Å². The molecule has 5 heterocycles. The highest BCUT2D eigenvalue weighted by atomic mass is 35.5. The summed E-state index contributed by atoms with van der Waals surface area (Å²) in [6.45, 7) is 1.50. The number of methoxy groups -OCH3 is 1. The molecule has 0 spiro atoms. The van der Waals surface area contributed by atoms with Gasteiger partial charge in [0.15, 0.2) is 0 Å². The van der Waals surface area contributed by atoms with Gasteiger partial charge in [0.25, 0.3) is 5.88 Å². The molecule has 5 aromatic rings. The molecular weight excluding hydrogens is 464 g/mol. The maximum absolute atomic E-state index is 6.43. The Kier molecular flexibility index (Phi) is 5.62. The predicted octanol–water partition coefficient (Wildman–Crippen LogP) is 5.06. The van der Waals surface area contributed by atoms with E-state index in [-0.39, 0.29) is 6.04 Å². The van der Waals surface area contributed by atoms with Gasteiger partial charge in [-0.2, -0.15) is 0 Å². The molecule has 35 heavy (non-hydrogen) atoms. The maximum atomic E-state index is 6.43. The second kappa shape index (κ2) is 8.94. The van der Waals surface area contributed by atoms with Crippen LogP contribution < -0.4 is 4.74 Å². The van der Waals surface area contributed by atoms with Crippen LogP contribution in [0, 0.1) is 5.92 Å². The van der Waals surface area contributed by atoms with Crippen molar-refractivity contribution >= 4 is 33.7 Å². The fourth-order valence-corrected chi connectivity index (χ4v) is 5.41. The fourth-order valence-electron chi connectivity index (χ4n) is 5.26. The lowest BCUT2D eigenvalue weighted by molar-refractivity contribution is 0.0552. The van der Waals surface area contributed by atoms with Gasteiger partial charge in [-0.25, -0.2) is 9.67 Å². The first-order valence-electron chi connectivity index (χ1n) is 11.7. The third-order valence-electron chi connectivity index (χ3n) is 6.85. The Balaban J connectivity index is 1.67. The zero-order valence-corrected chi connectivity index (χ0v) is 20.3. The molecule has 6 rings (SSSR count). The molecule has 0 radical (unpaired) electrons. The number of nitrogens with zero attached hydrogens (tertiary/aromatic N) is 6. The van der Waals surface area contributed by atoms with Crippen LogP contribution in [0.1, 0.15) is 24.4 Å². The Morgan fingerprint density at radius 2 is 1.91 bits per heavy atom. The first-order chi connectivity index (χ1) is 17.2. The van der Waals surface area contributed by atoms with Gasteiger partial charge in [-0.15, -0.1) is 0 Å². The van der Waals surface area contributed by atoms with Crippen LogP contribution in [-0.4, -0.2) is 49.9 Å². The largest absolute Gasteiger partial charge is 0.478 e. The van der Waals surface area contributed by atoms with Crippen molar-refractivity contribution in [3.8, 4) is 17.1 Å². The zero-order chi connectivity index (χ0) is 23.9. The normalized spacial score (nSPS) is 15.6. The van der Waals surface area contributed by atoms with Crippen molar-refractivity contribution in [2.75, 3.05) is 20.3 Å². The third kappa shape index (κ3) is 3.73. The number of ether oxygens (including phenoxy) is 2. The smallest absolute Gasteiger partial charge is 0.261 e. The van der Waals surface area contributed by atoms with Crippen LogP contribution in [0.4, 0.5) is 0 Å². The summed E-state index contributed by atoms with van der Waals surface area (Å²) in [7, 11) is 3.44. The van der Waals surface area contributed by atoms with Crippen LogP contribution in [0.5, 0.6) is 5.88 Å². The minimum atomic E-state index is 0.0506. The number of hydrogen-bond donors (Lipinski definition) is 0. The molecule has 178 valence electrons. The molecule has 1 saturated heterocycles. The Labute approximate surface area is 207 Å². The number of rotatable bonds is 5. The van der Waals surface area contributed by atoms with Crippen molar-refractivity contribution in [1.29, 1.82) is 0 Å². The van der Waals surface area contributed by atoms with Crippen LogP contribution >= 0.6 is 11.6 Å². The van der Waals surface area contributed by atoms with Gasteiger partial charge in [-0.3, -0.25) is 4.98 Å². The minimum Gasteiger partial charge on any atom is -0.478 e. The van der Waals surface area contributed by atoms with E-state index in [2.05, 4.69) is 45.2 Å². The molecule has 0 saturated carbocycles. The van der Waals surface area contributed by atoms with Gasteiger partial charge in [0.2, 0.25) is 0 Å². The second-order valence-electron chi connectivity index (χ2n) is 8.84. The Morgan fingerprint density at radius 3 is 2.69 bits per heavy atom. The van der Waals surface area contributed by atoms with Crippen molar-refractivity contribution in [1.82, 2.24) is 29.5 Å². The van der Waals surface area contributed by atoms with Gasteiger partial charge < -0.3 is 14.0 Å². The van der Waals surface area contributed by atoms with E-state index >= 15 is 0 Å². The molecule has 0 amide bonds. The van der Waals surface area contributed by atoms with Crippen molar-refractivity contribution in [3.05, 3.63) is 65.4 Å². The molecule has 9 heteroatoms. The van der Waals surface area contributed by atoms with Crippen molar-refractivity contribution in [2.24, 2.45) is 13.0 Å². The van der Waals surface area contributed by atoms with E-state index in [1.165, 1.54) is 5.56 Å². The van der Waals surface area contributed by atoms with E-state index in [1.54, 1.807) is 11.8 Å². The van der Waals surface area contributed by atoms with Gasteiger partial charge >= 0.3 is 0 Å². The monoisotopic (exact) mass is 488 g/mol. The summed E-state index contributed by atoms with van der Waals surface area (Å²) in [5.41, 5.74) is 5.56.